The van der Waals surface area contributed by atoms with Crippen molar-refractivity contribution in [3.8, 4) is 17.2 Å². The monoisotopic (exact) mass is 1130 g/mol. The van der Waals surface area contributed by atoms with Crippen molar-refractivity contribution in [1.29, 1.82) is 0 Å². The van der Waals surface area contributed by atoms with Crippen LogP contribution in [0.25, 0.3) is 0 Å². The number of aliphatic imine (C=N–C) groups is 1. The number of hydrogen-bond donors (Lipinski definition) is 1. The zero-order valence-corrected chi connectivity index (χ0v) is 50.3. The third-order valence-corrected chi connectivity index (χ3v) is 21.5. The number of rotatable bonds is 24. The average Bonchev–Trinajstić information content (AvgIpc) is 3.26. The summed E-state index contributed by atoms with van der Waals surface area (Å²) < 4.78 is 37.0. The molecule has 8 rings (SSSR count). The average molecular weight is 1130 g/mol. The fourth-order valence-electron chi connectivity index (χ4n) is 10.8. The number of hydrogen-bond acceptors (Lipinski definition) is 13. The van der Waals surface area contributed by atoms with Crippen molar-refractivity contribution in [3.63, 3.8) is 0 Å². The van der Waals surface area contributed by atoms with Crippen LogP contribution < -0.4 is 24.4 Å². The lowest BCUT2D eigenvalue weighted by Crippen LogP contribution is -2.58. The highest BCUT2D eigenvalue weighted by molar-refractivity contribution is 6.74. The van der Waals surface area contributed by atoms with Crippen LogP contribution in [-0.2, 0) is 41.3 Å². The molecule has 81 heavy (non-hydrogen) atoms. The van der Waals surface area contributed by atoms with Crippen LogP contribution in [0.5, 0.6) is 17.2 Å². The Hall–Kier alpha value is -6.79. The van der Waals surface area contributed by atoms with Crippen LogP contribution in [0.1, 0.15) is 144 Å². The first-order chi connectivity index (χ1) is 38.5. The maximum Gasteiger partial charge on any atom is 0.416 e. The molecule has 0 aromatic heterocycles. The summed E-state index contributed by atoms with van der Waals surface area (Å²) in [7, 11) is -1.06. The quantitative estimate of drug-likeness (QED) is 0.0387. The van der Waals surface area contributed by atoms with E-state index in [1.54, 1.807) is 66.3 Å². The lowest BCUT2D eigenvalue weighted by atomic mass is 9.91. The van der Waals surface area contributed by atoms with Crippen LogP contribution in [0.4, 0.5) is 16.2 Å². The number of carbonyl (C=O) groups is 6. The molecule has 5 aliphatic rings. The van der Waals surface area contributed by atoms with Crippen LogP contribution in [0, 0.1) is 24.2 Å². The number of nitrogens with one attached hydrogen (secondary N) is 1. The number of Topliss-reactive ketones (excluding diaryl/α,β-unsaturated/α-hetero) is 1. The number of nitrogens with zero attached hydrogens (tertiary/aromatic N) is 4. The van der Waals surface area contributed by atoms with Crippen LogP contribution in [0.3, 0.4) is 0 Å². The summed E-state index contributed by atoms with van der Waals surface area (Å²) in [5.41, 5.74) is 5.12. The predicted octanol–water partition coefficient (Wildman–Crippen LogP) is 11.4. The number of methoxy groups -OCH3 is 1. The summed E-state index contributed by atoms with van der Waals surface area (Å²) in [6.07, 6.45) is 10.2. The molecule has 17 nitrogen and oxygen atoms in total. The molecule has 4 amide bonds. The second-order valence-electron chi connectivity index (χ2n) is 24.4. The third kappa shape index (κ3) is 13.8. The maximum atomic E-state index is 15.1. The van der Waals surface area contributed by atoms with E-state index < -0.39 is 50.5 Å². The van der Waals surface area contributed by atoms with E-state index in [9.17, 15) is 24.0 Å². The van der Waals surface area contributed by atoms with Gasteiger partial charge < -0.3 is 43.2 Å². The normalized spacial score (nSPS) is 19.6. The highest BCUT2D eigenvalue weighted by Gasteiger charge is 2.59. The molecule has 2 fully saturated rings. The van der Waals surface area contributed by atoms with E-state index in [1.165, 1.54) is 11.6 Å². The van der Waals surface area contributed by atoms with Crippen LogP contribution in [-0.4, -0.2) is 118 Å². The zero-order valence-electron chi connectivity index (χ0n) is 49.3. The van der Waals surface area contributed by atoms with Crippen molar-refractivity contribution in [1.82, 2.24) is 15.1 Å². The lowest BCUT2D eigenvalue weighted by Gasteiger charge is -2.44. The fourth-order valence-corrected chi connectivity index (χ4v) is 12.0. The van der Waals surface area contributed by atoms with Gasteiger partial charge in [-0.25, -0.2) is 9.69 Å². The van der Waals surface area contributed by atoms with E-state index in [1.807, 2.05) is 44.2 Å². The molecule has 5 atom stereocenters. The number of amides is 4. The smallest absolute Gasteiger partial charge is 0.416 e. The van der Waals surface area contributed by atoms with Gasteiger partial charge >= 0.3 is 12.1 Å². The summed E-state index contributed by atoms with van der Waals surface area (Å²) in [6.45, 7) is 25.0. The van der Waals surface area contributed by atoms with E-state index in [0.29, 0.717) is 89.9 Å². The Labute approximate surface area is 478 Å². The standard InChI is InChI=1S/C63H83N5O12Si/c1-13-24-78-56(70)31-46(39(3)4)57(71)65-41(6)52(69)29-43-18-20-44(21-19-43)37-79-61(74)68-50-33-53(40(5)27-48(50)59(73)67-38-63(22-23-63)34-51(67)60(68)80-81(11,12)62(7,8)9)76-25-16-15-17-26-77-55-32-49-47(30-54(55)75-10)58(72)66-36-42(14-2)28-45(66)35-64-49/h13,18-21,27,30,32-33,35-36,39,41,45-46,51,60H,1,14-17,22-26,28-29,31,34,37-38H2,2-12H3,(H,65,71)/t41-,45-,46-,51-,60?/m0/s1. The Morgan fingerprint density at radius 3 is 2.23 bits per heavy atom. The highest BCUT2D eigenvalue weighted by atomic mass is 28.4. The number of anilines is 1. The molecule has 3 aromatic rings. The summed E-state index contributed by atoms with van der Waals surface area (Å²) >= 11 is 0. The van der Waals surface area contributed by atoms with Gasteiger partial charge in [-0.2, -0.15) is 0 Å². The van der Waals surface area contributed by atoms with Crippen molar-refractivity contribution in [2.45, 2.75) is 169 Å². The van der Waals surface area contributed by atoms with E-state index in [2.05, 4.69) is 52.7 Å². The van der Waals surface area contributed by atoms with Gasteiger partial charge in [0.1, 0.15) is 19.0 Å². The minimum Gasteiger partial charge on any atom is -0.493 e. The van der Waals surface area contributed by atoms with Crippen molar-refractivity contribution >= 4 is 61.5 Å². The van der Waals surface area contributed by atoms with Crippen molar-refractivity contribution in [2.24, 2.45) is 22.2 Å². The molecule has 1 saturated carbocycles. The van der Waals surface area contributed by atoms with Gasteiger partial charge in [0, 0.05) is 37.5 Å². The maximum absolute atomic E-state index is 15.1. The van der Waals surface area contributed by atoms with Crippen LogP contribution in [0.2, 0.25) is 18.1 Å². The minimum absolute atomic E-state index is 0.00855. The number of esters is 1. The Balaban J connectivity index is 0.943. The molecule has 1 spiro atoms. The second-order valence-corrected chi connectivity index (χ2v) is 29.2. The molecule has 1 saturated heterocycles. The molecule has 18 heteroatoms. The second kappa shape index (κ2) is 25.1. The number of ketones is 1. The number of unbranched alkanes of at least 4 members (excludes halogenated alkanes) is 2. The molecule has 0 radical (unpaired) electrons. The Morgan fingerprint density at radius 2 is 1.59 bits per heavy atom. The number of aryl methyl sites for hydroxylation is 1. The van der Waals surface area contributed by atoms with Crippen molar-refractivity contribution < 1.29 is 56.9 Å². The molecule has 1 unspecified atom stereocenters. The summed E-state index contributed by atoms with van der Waals surface area (Å²) in [4.78, 5) is 92.4. The third-order valence-electron chi connectivity index (χ3n) is 17.1. The topological polar surface area (TPSA) is 192 Å². The van der Waals surface area contributed by atoms with Gasteiger partial charge in [0.2, 0.25) is 5.91 Å². The van der Waals surface area contributed by atoms with Gasteiger partial charge in [0.05, 0.1) is 73.3 Å². The molecular weight excluding hydrogens is 1050 g/mol. The first-order valence-electron chi connectivity index (χ1n) is 28.8. The number of benzene rings is 3. The fraction of sp³-hybridized carbons (Fsp3) is 0.540. The van der Waals surface area contributed by atoms with E-state index in [0.717, 1.165) is 37.7 Å². The number of fused-ring (bicyclic) bond motifs is 4. The van der Waals surface area contributed by atoms with Crippen LogP contribution in [0.15, 0.2) is 78.0 Å². The van der Waals surface area contributed by atoms with Crippen molar-refractivity contribution in [3.05, 3.63) is 101 Å². The van der Waals surface area contributed by atoms with E-state index in [-0.39, 0.29) is 66.1 Å². The van der Waals surface area contributed by atoms with Gasteiger partial charge in [0.15, 0.2) is 31.8 Å². The van der Waals surface area contributed by atoms with Gasteiger partial charge in [-0.15, -0.1) is 0 Å². The molecule has 4 heterocycles. The Morgan fingerprint density at radius 1 is 0.901 bits per heavy atom. The number of ether oxygens (including phenoxy) is 5. The molecule has 1 N–H and O–H groups in total. The zero-order chi connectivity index (χ0) is 58.6. The molecule has 436 valence electrons. The SMILES string of the molecule is C=CCOC(=O)C[C@H](C(=O)N[C@@H](C)C(=O)Cc1ccc(COC(=O)N2c3cc(OCCCCCOc4cc5c(cc4OC)C(=O)N4C=C(CC)C[C@H]4C=N5)c(C)cc3C(=O)N3CC4(CC4)C[C@H]3C2O[Si](C)(C)C(C)(C)C)cc1)C(C)C. The Kier molecular flexibility index (Phi) is 18.7. The van der Waals surface area contributed by atoms with Gasteiger partial charge in [-0.1, -0.05) is 84.0 Å². The first-order valence-corrected chi connectivity index (χ1v) is 31.7. The van der Waals surface area contributed by atoms with Gasteiger partial charge in [-0.05, 0) is 124 Å². The molecule has 1 aliphatic carbocycles. The van der Waals surface area contributed by atoms with Crippen LogP contribution >= 0.6 is 0 Å². The van der Waals surface area contributed by atoms with E-state index >= 15 is 4.79 Å². The van der Waals surface area contributed by atoms with Gasteiger partial charge in [-0.3, -0.25) is 29.0 Å². The highest BCUT2D eigenvalue weighted by Crippen LogP contribution is 2.57. The first kappa shape index (κ1) is 60.3. The predicted molar refractivity (Wildman–Crippen MR) is 313 cm³/mol. The molecule has 3 aromatic carbocycles. The van der Waals surface area contributed by atoms with E-state index in [4.69, 9.17) is 33.1 Å². The summed E-state index contributed by atoms with van der Waals surface area (Å²) in [5.74, 6) is -0.687. The lowest BCUT2D eigenvalue weighted by molar-refractivity contribution is -0.146. The van der Waals surface area contributed by atoms with Gasteiger partial charge in [0.25, 0.3) is 11.8 Å². The molecular formula is C63H83N5O12Si. The summed E-state index contributed by atoms with van der Waals surface area (Å²) in [6, 6.07) is 13.0. The largest absolute Gasteiger partial charge is 0.493 e. The molecule has 4 aliphatic heterocycles. The summed E-state index contributed by atoms with van der Waals surface area (Å²) in [5, 5.41) is 2.56. The Bertz CT molecular complexity index is 2940. The minimum atomic E-state index is -2.62. The molecule has 0 bridgehead atoms. The van der Waals surface area contributed by atoms with Crippen molar-refractivity contribution in [2.75, 3.05) is 38.4 Å². The number of carbonyl (C=O) groups excluding carboxylic acids is 6.